The Kier molecular flexibility index (Phi) is 5.53. The molecule has 3 heterocycles. The van der Waals surface area contributed by atoms with Gasteiger partial charge in [-0.2, -0.15) is 5.10 Å². The molecule has 0 aliphatic carbocycles. The molecule has 2 aromatic heterocycles. The van der Waals surface area contributed by atoms with Crippen molar-refractivity contribution >= 4 is 27.3 Å². The Balaban J connectivity index is 1.69. The summed E-state index contributed by atoms with van der Waals surface area (Å²) in [5.74, 6) is 1.31. The number of nitrogens with zero attached hydrogens (tertiary/aromatic N) is 5. The van der Waals surface area contributed by atoms with Crippen molar-refractivity contribution in [1.82, 2.24) is 24.6 Å². The summed E-state index contributed by atoms with van der Waals surface area (Å²) >= 11 is 5.92. The van der Waals surface area contributed by atoms with E-state index in [4.69, 9.17) is 11.6 Å². The normalized spacial score (nSPS) is 15.9. The number of likely N-dealkylation sites (tertiary alicyclic amines) is 1. The number of rotatable bonds is 4. The van der Waals surface area contributed by atoms with Gasteiger partial charge in [0.1, 0.15) is 18.2 Å². The number of hydrogen-bond donors (Lipinski definition) is 0. The highest BCUT2D eigenvalue weighted by Crippen LogP contribution is 2.32. The second-order valence-corrected chi connectivity index (χ2v) is 9.25. The molecule has 0 unspecified atom stereocenters. The molecule has 0 atom stereocenters. The monoisotopic (exact) mass is 411 g/mol. The molecule has 0 saturated carbocycles. The van der Waals surface area contributed by atoms with E-state index in [0.29, 0.717) is 48.3 Å². The fraction of sp³-hybridized carbons (Fsp3) is 0.529. The van der Waals surface area contributed by atoms with E-state index in [1.165, 1.54) is 12.3 Å². The molecule has 27 heavy (non-hydrogen) atoms. The Labute approximate surface area is 163 Å². The molecule has 0 N–H and O–H groups in total. The van der Waals surface area contributed by atoms with Gasteiger partial charge in [0.05, 0.1) is 15.6 Å². The SMILES string of the molecule is Cc1nc(C)n(CC(=O)N2CCC(c3ncc(Cl)cc3S(C)(=O)=O)CC2)n1. The van der Waals surface area contributed by atoms with Gasteiger partial charge in [-0.05, 0) is 32.8 Å². The minimum atomic E-state index is -3.42. The molecule has 0 aromatic carbocycles. The smallest absolute Gasteiger partial charge is 0.244 e. The molecule has 1 aliphatic rings. The summed E-state index contributed by atoms with van der Waals surface area (Å²) in [6.45, 7) is 4.86. The lowest BCUT2D eigenvalue weighted by Crippen LogP contribution is -2.40. The molecule has 8 nitrogen and oxygen atoms in total. The van der Waals surface area contributed by atoms with Gasteiger partial charge < -0.3 is 4.90 Å². The second kappa shape index (κ2) is 7.55. The number of hydrogen-bond acceptors (Lipinski definition) is 6. The third-order valence-corrected chi connectivity index (χ3v) is 6.06. The summed E-state index contributed by atoms with van der Waals surface area (Å²) in [5, 5.41) is 4.52. The molecule has 10 heteroatoms. The van der Waals surface area contributed by atoms with Crippen LogP contribution in [-0.4, -0.2) is 58.3 Å². The van der Waals surface area contributed by atoms with Crippen molar-refractivity contribution in [3.63, 3.8) is 0 Å². The average Bonchev–Trinajstić information content (AvgIpc) is 2.91. The standard InChI is InChI=1S/C17H22ClN5O3S/c1-11-20-12(2)23(21-11)10-16(24)22-6-4-13(5-7-22)17-15(27(3,25)26)8-14(18)9-19-17/h8-9,13H,4-7,10H2,1-3H3. The zero-order valence-electron chi connectivity index (χ0n) is 15.5. The van der Waals surface area contributed by atoms with Gasteiger partial charge >= 0.3 is 0 Å². The van der Waals surface area contributed by atoms with Crippen LogP contribution in [0.4, 0.5) is 0 Å². The predicted molar refractivity (Wildman–Crippen MR) is 100 cm³/mol. The summed E-state index contributed by atoms with van der Waals surface area (Å²) in [6, 6.07) is 1.45. The number of halogens is 1. The molecule has 3 rings (SSSR count). The van der Waals surface area contributed by atoms with Crippen LogP contribution in [0.2, 0.25) is 5.02 Å². The first kappa shape index (κ1) is 19.8. The van der Waals surface area contributed by atoms with E-state index in [1.54, 1.807) is 16.5 Å². The van der Waals surface area contributed by atoms with E-state index in [0.717, 1.165) is 6.26 Å². The molecule has 2 aromatic rings. The number of carbonyl (C=O) groups is 1. The Morgan fingerprint density at radius 3 is 2.52 bits per heavy atom. The summed E-state index contributed by atoms with van der Waals surface area (Å²) in [5.41, 5.74) is 0.539. The fourth-order valence-corrected chi connectivity index (χ4v) is 4.54. The Hall–Kier alpha value is -2.00. The van der Waals surface area contributed by atoms with Gasteiger partial charge in [0.25, 0.3) is 0 Å². The number of piperidine rings is 1. The van der Waals surface area contributed by atoms with Crippen molar-refractivity contribution in [2.24, 2.45) is 0 Å². The maximum atomic E-state index is 12.6. The Morgan fingerprint density at radius 2 is 1.96 bits per heavy atom. The minimum Gasteiger partial charge on any atom is -0.341 e. The average molecular weight is 412 g/mol. The maximum Gasteiger partial charge on any atom is 0.244 e. The van der Waals surface area contributed by atoms with E-state index < -0.39 is 9.84 Å². The molecule has 0 radical (unpaired) electrons. The summed E-state index contributed by atoms with van der Waals surface area (Å²) < 4.78 is 25.8. The topological polar surface area (TPSA) is 98.0 Å². The van der Waals surface area contributed by atoms with Crippen molar-refractivity contribution in [3.8, 4) is 0 Å². The van der Waals surface area contributed by atoms with Crippen LogP contribution < -0.4 is 0 Å². The van der Waals surface area contributed by atoms with Crippen LogP contribution in [0.3, 0.4) is 0 Å². The van der Waals surface area contributed by atoms with Crippen LogP contribution in [0.5, 0.6) is 0 Å². The van der Waals surface area contributed by atoms with Crippen LogP contribution in [0.15, 0.2) is 17.2 Å². The second-order valence-electron chi connectivity index (χ2n) is 6.83. The molecule has 1 amide bonds. The van der Waals surface area contributed by atoms with Crippen LogP contribution in [-0.2, 0) is 21.2 Å². The van der Waals surface area contributed by atoms with E-state index in [2.05, 4.69) is 15.1 Å². The lowest BCUT2D eigenvalue weighted by molar-refractivity contribution is -0.133. The van der Waals surface area contributed by atoms with Gasteiger partial charge in [-0.25, -0.2) is 18.1 Å². The van der Waals surface area contributed by atoms with Crippen molar-refractivity contribution in [3.05, 3.63) is 34.6 Å². The highest BCUT2D eigenvalue weighted by molar-refractivity contribution is 7.90. The van der Waals surface area contributed by atoms with Crippen molar-refractivity contribution < 1.29 is 13.2 Å². The van der Waals surface area contributed by atoms with Crippen LogP contribution in [0.1, 0.15) is 36.1 Å². The van der Waals surface area contributed by atoms with Crippen LogP contribution in [0.25, 0.3) is 0 Å². The molecule has 146 valence electrons. The zero-order valence-corrected chi connectivity index (χ0v) is 17.1. The van der Waals surface area contributed by atoms with Gasteiger partial charge in [-0.1, -0.05) is 11.6 Å². The van der Waals surface area contributed by atoms with Crippen molar-refractivity contribution in [2.75, 3.05) is 19.3 Å². The summed E-state index contributed by atoms with van der Waals surface area (Å²) in [6.07, 6.45) is 3.93. The third-order valence-electron chi connectivity index (χ3n) is 4.73. The largest absolute Gasteiger partial charge is 0.341 e. The zero-order chi connectivity index (χ0) is 19.8. The summed E-state index contributed by atoms with van der Waals surface area (Å²) in [4.78, 5) is 23.0. The van der Waals surface area contributed by atoms with E-state index in [1.807, 2.05) is 6.92 Å². The Morgan fingerprint density at radius 1 is 1.30 bits per heavy atom. The number of sulfone groups is 1. The number of carbonyl (C=O) groups excluding carboxylic acids is 1. The highest BCUT2D eigenvalue weighted by atomic mass is 35.5. The number of aryl methyl sites for hydroxylation is 2. The first-order valence-corrected chi connectivity index (χ1v) is 10.9. The van der Waals surface area contributed by atoms with Crippen molar-refractivity contribution in [1.29, 1.82) is 0 Å². The van der Waals surface area contributed by atoms with Crippen LogP contribution >= 0.6 is 11.6 Å². The van der Waals surface area contributed by atoms with Gasteiger partial charge in [0, 0.05) is 31.5 Å². The minimum absolute atomic E-state index is 0.0196. The molecule has 1 aliphatic heterocycles. The van der Waals surface area contributed by atoms with E-state index >= 15 is 0 Å². The molecule has 0 spiro atoms. The van der Waals surface area contributed by atoms with Gasteiger partial charge in [-0.3, -0.25) is 9.78 Å². The molecular weight excluding hydrogens is 390 g/mol. The van der Waals surface area contributed by atoms with Gasteiger partial charge in [0.15, 0.2) is 9.84 Å². The summed E-state index contributed by atoms with van der Waals surface area (Å²) in [7, 11) is -3.42. The molecule has 1 fully saturated rings. The molecule has 1 saturated heterocycles. The lowest BCUT2D eigenvalue weighted by Gasteiger charge is -2.32. The van der Waals surface area contributed by atoms with Gasteiger partial charge in [-0.15, -0.1) is 0 Å². The van der Waals surface area contributed by atoms with Crippen molar-refractivity contribution in [2.45, 2.75) is 44.0 Å². The van der Waals surface area contributed by atoms with E-state index in [-0.39, 0.29) is 23.3 Å². The van der Waals surface area contributed by atoms with Crippen LogP contribution in [0, 0.1) is 13.8 Å². The predicted octanol–water partition coefficient (Wildman–Crippen LogP) is 1.75. The Bertz CT molecular complexity index is 965. The molecular formula is C17H22ClN5O3S. The fourth-order valence-electron chi connectivity index (χ4n) is 3.38. The number of aromatic nitrogens is 4. The number of pyridine rings is 1. The third kappa shape index (κ3) is 4.47. The van der Waals surface area contributed by atoms with E-state index in [9.17, 15) is 13.2 Å². The first-order valence-electron chi connectivity index (χ1n) is 8.66. The first-order chi connectivity index (χ1) is 12.6. The molecule has 0 bridgehead atoms. The highest BCUT2D eigenvalue weighted by Gasteiger charge is 2.29. The maximum absolute atomic E-state index is 12.6. The van der Waals surface area contributed by atoms with Gasteiger partial charge in [0.2, 0.25) is 5.91 Å². The quantitative estimate of drug-likeness (QED) is 0.760. The lowest BCUT2D eigenvalue weighted by atomic mass is 9.93. The number of amides is 1.